The Balaban J connectivity index is 2.46. The fourth-order valence-electron chi connectivity index (χ4n) is 2.56. The summed E-state index contributed by atoms with van der Waals surface area (Å²) in [5.41, 5.74) is 3.60. The van der Waals surface area contributed by atoms with Gasteiger partial charge in [0.15, 0.2) is 0 Å². The molecular weight excluding hydrogens is 538 g/mol. The van der Waals surface area contributed by atoms with Crippen LogP contribution < -0.4 is 15.4 Å². The van der Waals surface area contributed by atoms with Gasteiger partial charge in [0.05, 0.1) is 31.8 Å². The summed E-state index contributed by atoms with van der Waals surface area (Å²) in [7, 11) is -3.24. The van der Waals surface area contributed by atoms with Crippen LogP contribution in [0.2, 0.25) is 10.0 Å². The molecule has 0 radical (unpaired) electrons. The lowest BCUT2D eigenvalue weighted by atomic mass is 10.1. The van der Waals surface area contributed by atoms with E-state index < -0.39 is 43.3 Å². The van der Waals surface area contributed by atoms with Gasteiger partial charge in [0, 0.05) is 24.0 Å². The molecule has 0 aliphatic carbocycles. The first-order chi connectivity index (χ1) is 15.7. The number of likely N-dealkylation sites (N-methyl/N-ethyl adjacent to an activating group) is 1. The molecule has 6 nitrogen and oxygen atoms in total. The van der Waals surface area contributed by atoms with E-state index in [1.54, 1.807) is 12.1 Å². The number of amides is 1. The van der Waals surface area contributed by atoms with Gasteiger partial charge in [-0.2, -0.15) is 13.2 Å². The molecule has 0 saturated heterocycles. The predicted molar refractivity (Wildman–Crippen MR) is 127 cm³/mol. The Kier molecular flexibility index (Phi) is 8.70. The van der Waals surface area contributed by atoms with Crippen LogP contribution in [0.4, 0.5) is 18.9 Å². The van der Waals surface area contributed by atoms with Gasteiger partial charge < -0.3 is 10.6 Å². The molecule has 182 valence electrons. The van der Waals surface area contributed by atoms with Crippen molar-refractivity contribution in [2.45, 2.75) is 11.1 Å². The fraction of sp³-hybridized carbons (Fsp3) is 0.0952. The standard InChI is InChI=1S/C21H17Cl3F3N3O3S/c1-12(20(31)30(2)15-5-3-13(22)4-6-15)19(9-14(23)11-28)29-34(32,33)16-7-8-18(24)17(10-16)21(25,26)27/h3-11,29H,1,28H2,2H3/b14-11+,19-9+. The van der Waals surface area contributed by atoms with Crippen LogP contribution >= 0.6 is 34.8 Å². The Morgan fingerprint density at radius 1 is 1.15 bits per heavy atom. The van der Waals surface area contributed by atoms with E-state index in [0.29, 0.717) is 16.8 Å². The first kappa shape index (κ1) is 27.6. The van der Waals surface area contributed by atoms with Gasteiger partial charge >= 0.3 is 6.18 Å². The molecule has 0 bridgehead atoms. The molecule has 0 unspecified atom stereocenters. The molecule has 2 aromatic rings. The third-order valence-electron chi connectivity index (χ3n) is 4.34. The second kappa shape index (κ2) is 10.7. The van der Waals surface area contributed by atoms with Crippen molar-refractivity contribution in [2.24, 2.45) is 5.73 Å². The summed E-state index contributed by atoms with van der Waals surface area (Å²) in [4.78, 5) is 13.4. The number of rotatable bonds is 7. The fourth-order valence-corrected chi connectivity index (χ4v) is 4.13. The average molecular weight is 555 g/mol. The molecule has 13 heteroatoms. The summed E-state index contributed by atoms with van der Waals surface area (Å²) >= 11 is 17.3. The minimum Gasteiger partial charge on any atom is -0.403 e. The highest BCUT2D eigenvalue weighted by Gasteiger charge is 2.35. The Hall–Kier alpha value is -2.66. The Morgan fingerprint density at radius 2 is 1.74 bits per heavy atom. The van der Waals surface area contributed by atoms with E-state index in [4.69, 9.17) is 40.5 Å². The predicted octanol–water partition coefficient (Wildman–Crippen LogP) is 5.43. The van der Waals surface area contributed by atoms with Crippen molar-refractivity contribution in [3.8, 4) is 0 Å². The molecule has 0 aliphatic heterocycles. The Morgan fingerprint density at radius 3 is 2.26 bits per heavy atom. The van der Waals surface area contributed by atoms with Crippen molar-refractivity contribution in [1.29, 1.82) is 0 Å². The number of hydrogen-bond donors (Lipinski definition) is 2. The molecule has 0 fully saturated rings. The van der Waals surface area contributed by atoms with Crippen LogP contribution in [0.5, 0.6) is 0 Å². The number of nitrogens with one attached hydrogen (secondary N) is 1. The normalized spacial score (nSPS) is 12.9. The molecule has 0 aromatic heterocycles. The van der Waals surface area contributed by atoms with Crippen LogP contribution in [-0.2, 0) is 21.0 Å². The highest BCUT2D eigenvalue weighted by Crippen LogP contribution is 2.36. The lowest BCUT2D eigenvalue weighted by Gasteiger charge is -2.21. The quantitative estimate of drug-likeness (QED) is 0.353. The smallest absolute Gasteiger partial charge is 0.403 e. The molecule has 0 spiro atoms. The van der Waals surface area contributed by atoms with Crippen molar-refractivity contribution in [1.82, 2.24) is 4.72 Å². The van der Waals surface area contributed by atoms with Gasteiger partial charge in [-0.25, -0.2) is 8.42 Å². The highest BCUT2D eigenvalue weighted by molar-refractivity contribution is 7.89. The Labute approximate surface area is 209 Å². The van der Waals surface area contributed by atoms with E-state index in [0.717, 1.165) is 29.3 Å². The zero-order chi connectivity index (χ0) is 25.8. The number of hydrogen-bond acceptors (Lipinski definition) is 4. The maximum atomic E-state index is 13.2. The number of halogens is 6. The summed E-state index contributed by atoms with van der Waals surface area (Å²) in [6.07, 6.45) is -2.98. The summed E-state index contributed by atoms with van der Waals surface area (Å²) in [5, 5.41) is -0.425. The number of allylic oxidation sites excluding steroid dienone is 2. The van der Waals surface area contributed by atoms with E-state index in [9.17, 15) is 26.4 Å². The van der Waals surface area contributed by atoms with Crippen LogP contribution in [0.25, 0.3) is 0 Å². The Bertz CT molecular complexity index is 1280. The van der Waals surface area contributed by atoms with Crippen molar-refractivity contribution in [3.63, 3.8) is 0 Å². The van der Waals surface area contributed by atoms with E-state index in [1.807, 2.05) is 4.72 Å². The van der Waals surface area contributed by atoms with Crippen LogP contribution in [0.15, 0.2) is 82.5 Å². The number of nitrogens with zero attached hydrogens (tertiary/aromatic N) is 1. The zero-order valence-corrected chi connectivity index (χ0v) is 20.4. The molecule has 0 aliphatic rings. The summed E-state index contributed by atoms with van der Waals surface area (Å²) in [6.45, 7) is 3.61. The topological polar surface area (TPSA) is 92.5 Å². The van der Waals surface area contributed by atoms with E-state index in [2.05, 4.69) is 6.58 Å². The molecule has 34 heavy (non-hydrogen) atoms. The van der Waals surface area contributed by atoms with Gasteiger partial charge in [-0.3, -0.25) is 9.52 Å². The molecule has 2 aromatic carbocycles. The molecule has 0 heterocycles. The third-order valence-corrected chi connectivity index (χ3v) is 6.52. The molecule has 0 saturated carbocycles. The maximum Gasteiger partial charge on any atom is 0.417 e. The van der Waals surface area contributed by atoms with Crippen LogP contribution in [0.1, 0.15) is 5.56 Å². The van der Waals surface area contributed by atoms with E-state index >= 15 is 0 Å². The largest absolute Gasteiger partial charge is 0.417 e. The molecular formula is C21H17Cl3F3N3O3S. The van der Waals surface area contributed by atoms with Gasteiger partial charge in [-0.1, -0.05) is 41.4 Å². The van der Waals surface area contributed by atoms with Gasteiger partial charge in [0.2, 0.25) is 0 Å². The van der Waals surface area contributed by atoms with Crippen LogP contribution in [0.3, 0.4) is 0 Å². The summed E-state index contributed by atoms with van der Waals surface area (Å²) in [5.74, 6) is -0.746. The maximum absolute atomic E-state index is 13.2. The van der Waals surface area contributed by atoms with Crippen LogP contribution in [0, 0.1) is 0 Å². The number of sulfonamides is 1. The first-order valence-corrected chi connectivity index (χ1v) is 11.7. The average Bonchev–Trinajstić information content (AvgIpc) is 2.76. The lowest BCUT2D eigenvalue weighted by molar-refractivity contribution is -0.137. The molecule has 2 rings (SSSR count). The highest BCUT2D eigenvalue weighted by atomic mass is 35.5. The second-order valence-electron chi connectivity index (χ2n) is 6.67. The van der Waals surface area contributed by atoms with Crippen molar-refractivity contribution < 1.29 is 26.4 Å². The lowest BCUT2D eigenvalue weighted by Crippen LogP contribution is -2.33. The van der Waals surface area contributed by atoms with E-state index in [-0.39, 0.29) is 10.6 Å². The SMILES string of the molecule is C=C(C(=O)N(C)c1ccc(Cl)cc1)/C(=C\C(Cl)=C/N)NS(=O)(=O)c1ccc(Cl)c(C(F)(F)F)c1. The summed E-state index contributed by atoms with van der Waals surface area (Å²) in [6, 6.07) is 8.20. The van der Waals surface area contributed by atoms with E-state index in [1.165, 1.54) is 19.2 Å². The molecule has 1 amide bonds. The monoisotopic (exact) mass is 553 g/mol. The number of nitrogens with two attached hydrogens (primary N) is 1. The molecule has 3 N–H and O–H groups in total. The minimum atomic E-state index is -4.90. The molecule has 0 atom stereocenters. The van der Waals surface area contributed by atoms with Gasteiger partial charge in [-0.05, 0) is 48.5 Å². The number of carbonyl (C=O) groups excluding carboxylic acids is 1. The third kappa shape index (κ3) is 6.69. The minimum absolute atomic E-state index is 0.173. The van der Waals surface area contributed by atoms with Crippen molar-refractivity contribution in [3.05, 3.63) is 93.2 Å². The number of alkyl halides is 3. The van der Waals surface area contributed by atoms with Crippen LogP contribution in [-0.4, -0.2) is 21.4 Å². The van der Waals surface area contributed by atoms with Crippen molar-refractivity contribution in [2.75, 3.05) is 11.9 Å². The van der Waals surface area contributed by atoms with Gasteiger partial charge in [-0.15, -0.1) is 0 Å². The number of carbonyl (C=O) groups is 1. The summed E-state index contributed by atoms with van der Waals surface area (Å²) < 4.78 is 67.3. The zero-order valence-electron chi connectivity index (χ0n) is 17.3. The second-order valence-corrected chi connectivity index (χ2v) is 9.64. The first-order valence-electron chi connectivity index (χ1n) is 9.09. The van der Waals surface area contributed by atoms with Gasteiger partial charge in [0.1, 0.15) is 0 Å². The number of benzene rings is 2. The van der Waals surface area contributed by atoms with Gasteiger partial charge in [0.25, 0.3) is 15.9 Å². The van der Waals surface area contributed by atoms with Crippen molar-refractivity contribution >= 4 is 56.4 Å². The number of anilines is 1.